The molecule has 146 valence electrons. The number of ether oxygens (including phenoxy) is 1. The van der Waals surface area contributed by atoms with Crippen LogP contribution in [0.5, 0.6) is 5.75 Å². The average molecular weight is 452 g/mol. The summed E-state index contributed by atoms with van der Waals surface area (Å²) < 4.78 is 6.55. The Balaban J connectivity index is 1.51. The molecule has 0 saturated carbocycles. The molecule has 3 rings (SSSR count). The van der Waals surface area contributed by atoms with E-state index in [1.807, 2.05) is 54.6 Å². The van der Waals surface area contributed by atoms with E-state index in [1.165, 1.54) is 6.21 Å². The SMILES string of the molecule is O=C(N/N=C\c1cccc(OCc2ccccc2)c1)C(=O)Nc1cccc(Br)c1. The number of amides is 2. The largest absolute Gasteiger partial charge is 0.489 e. The van der Waals surface area contributed by atoms with Gasteiger partial charge in [0.1, 0.15) is 12.4 Å². The second kappa shape index (κ2) is 10.2. The van der Waals surface area contributed by atoms with Crippen LogP contribution < -0.4 is 15.5 Å². The van der Waals surface area contributed by atoms with Gasteiger partial charge in [-0.25, -0.2) is 5.43 Å². The van der Waals surface area contributed by atoms with Gasteiger partial charge in [0.25, 0.3) is 0 Å². The summed E-state index contributed by atoms with van der Waals surface area (Å²) >= 11 is 3.30. The third-order valence-corrected chi connectivity index (χ3v) is 4.27. The predicted octanol–water partition coefficient (Wildman–Crippen LogP) is 4.12. The van der Waals surface area contributed by atoms with Gasteiger partial charge >= 0.3 is 11.8 Å². The zero-order valence-electron chi connectivity index (χ0n) is 15.3. The highest BCUT2D eigenvalue weighted by Crippen LogP contribution is 2.16. The first-order chi connectivity index (χ1) is 14.1. The number of halogens is 1. The van der Waals surface area contributed by atoms with Crippen LogP contribution in [-0.2, 0) is 16.2 Å². The van der Waals surface area contributed by atoms with E-state index in [4.69, 9.17) is 4.74 Å². The molecule has 29 heavy (non-hydrogen) atoms. The molecule has 0 fully saturated rings. The Morgan fingerprint density at radius 1 is 0.931 bits per heavy atom. The highest BCUT2D eigenvalue weighted by molar-refractivity contribution is 9.10. The fourth-order valence-electron chi connectivity index (χ4n) is 2.40. The predicted molar refractivity (Wildman–Crippen MR) is 116 cm³/mol. The van der Waals surface area contributed by atoms with Crippen LogP contribution in [0.2, 0.25) is 0 Å². The molecule has 0 atom stereocenters. The van der Waals surface area contributed by atoms with Crippen molar-refractivity contribution in [2.45, 2.75) is 6.61 Å². The highest BCUT2D eigenvalue weighted by Gasteiger charge is 2.12. The van der Waals surface area contributed by atoms with E-state index in [2.05, 4.69) is 31.8 Å². The molecule has 0 unspecified atom stereocenters. The number of benzene rings is 3. The Bertz CT molecular complexity index is 1020. The second-order valence-corrected chi connectivity index (χ2v) is 6.93. The number of rotatable bonds is 6. The van der Waals surface area contributed by atoms with Gasteiger partial charge in [0.05, 0.1) is 6.21 Å². The quantitative estimate of drug-likeness (QED) is 0.336. The molecule has 0 saturated heterocycles. The monoisotopic (exact) mass is 451 g/mol. The fraction of sp³-hybridized carbons (Fsp3) is 0.0455. The van der Waals surface area contributed by atoms with Gasteiger partial charge in [-0.3, -0.25) is 9.59 Å². The normalized spacial score (nSPS) is 10.5. The van der Waals surface area contributed by atoms with E-state index >= 15 is 0 Å². The van der Waals surface area contributed by atoms with Gasteiger partial charge in [-0.1, -0.05) is 64.5 Å². The molecule has 0 aliphatic carbocycles. The minimum Gasteiger partial charge on any atom is -0.489 e. The van der Waals surface area contributed by atoms with E-state index in [9.17, 15) is 9.59 Å². The van der Waals surface area contributed by atoms with E-state index < -0.39 is 11.8 Å². The molecule has 0 bridgehead atoms. The first-order valence-corrected chi connectivity index (χ1v) is 9.56. The molecular weight excluding hydrogens is 434 g/mol. The van der Waals surface area contributed by atoms with Gasteiger partial charge in [0, 0.05) is 10.2 Å². The number of anilines is 1. The molecule has 0 aromatic heterocycles. The average Bonchev–Trinajstić information content (AvgIpc) is 2.73. The molecule has 0 aliphatic heterocycles. The molecule has 3 aromatic rings. The number of carbonyl (C=O) groups excluding carboxylic acids is 2. The van der Waals surface area contributed by atoms with Crippen LogP contribution in [0.4, 0.5) is 5.69 Å². The summed E-state index contributed by atoms with van der Waals surface area (Å²) in [5.41, 5.74) is 4.51. The minimum atomic E-state index is -0.863. The lowest BCUT2D eigenvalue weighted by Crippen LogP contribution is -2.32. The molecule has 2 N–H and O–H groups in total. The summed E-state index contributed by atoms with van der Waals surface area (Å²) in [6.45, 7) is 0.452. The van der Waals surface area contributed by atoms with Crippen molar-refractivity contribution in [2.24, 2.45) is 5.10 Å². The van der Waals surface area contributed by atoms with Crippen molar-refractivity contribution in [2.75, 3.05) is 5.32 Å². The fourth-order valence-corrected chi connectivity index (χ4v) is 2.80. The number of nitrogens with one attached hydrogen (secondary N) is 2. The van der Waals surface area contributed by atoms with Crippen LogP contribution in [-0.4, -0.2) is 18.0 Å². The topological polar surface area (TPSA) is 79.8 Å². The summed E-state index contributed by atoms with van der Waals surface area (Å²) in [4.78, 5) is 23.8. The lowest BCUT2D eigenvalue weighted by molar-refractivity contribution is -0.136. The smallest absolute Gasteiger partial charge is 0.329 e. The maximum atomic E-state index is 11.9. The summed E-state index contributed by atoms with van der Waals surface area (Å²) in [6.07, 6.45) is 1.44. The summed E-state index contributed by atoms with van der Waals surface area (Å²) in [7, 11) is 0. The van der Waals surface area contributed by atoms with Gasteiger partial charge < -0.3 is 10.1 Å². The summed E-state index contributed by atoms with van der Waals surface area (Å²) in [6, 6.07) is 24.0. The Morgan fingerprint density at radius 3 is 2.52 bits per heavy atom. The number of hydrogen-bond acceptors (Lipinski definition) is 4. The van der Waals surface area contributed by atoms with Gasteiger partial charge in [-0.2, -0.15) is 5.10 Å². The van der Waals surface area contributed by atoms with E-state index in [0.29, 0.717) is 18.0 Å². The van der Waals surface area contributed by atoms with Crippen molar-refractivity contribution in [3.63, 3.8) is 0 Å². The van der Waals surface area contributed by atoms with Crippen LogP contribution >= 0.6 is 15.9 Å². The molecular formula is C22H18BrN3O3. The van der Waals surface area contributed by atoms with Crippen molar-refractivity contribution >= 4 is 39.6 Å². The summed E-state index contributed by atoms with van der Waals surface area (Å²) in [5.74, 6) is -0.991. The Labute approximate surface area is 176 Å². The molecule has 6 nitrogen and oxygen atoms in total. The van der Waals surface area contributed by atoms with Crippen molar-refractivity contribution < 1.29 is 14.3 Å². The Morgan fingerprint density at radius 2 is 1.72 bits per heavy atom. The van der Waals surface area contributed by atoms with Crippen LogP contribution in [0.15, 0.2) is 88.4 Å². The third-order valence-electron chi connectivity index (χ3n) is 3.77. The number of carbonyl (C=O) groups is 2. The van der Waals surface area contributed by atoms with E-state index in [1.54, 1.807) is 24.3 Å². The molecule has 3 aromatic carbocycles. The van der Waals surface area contributed by atoms with Crippen molar-refractivity contribution in [1.29, 1.82) is 0 Å². The van der Waals surface area contributed by atoms with Crippen LogP contribution in [0.3, 0.4) is 0 Å². The zero-order chi connectivity index (χ0) is 20.5. The molecule has 0 spiro atoms. The molecule has 7 heteroatoms. The van der Waals surface area contributed by atoms with Gasteiger partial charge in [-0.15, -0.1) is 0 Å². The van der Waals surface area contributed by atoms with Gasteiger partial charge in [-0.05, 0) is 41.5 Å². The van der Waals surface area contributed by atoms with Crippen LogP contribution in [0, 0.1) is 0 Å². The Hall–Kier alpha value is -3.45. The number of hydrogen-bond donors (Lipinski definition) is 2. The lowest BCUT2D eigenvalue weighted by Gasteiger charge is -2.07. The molecule has 2 amide bonds. The minimum absolute atomic E-state index is 0.452. The first-order valence-electron chi connectivity index (χ1n) is 8.77. The van der Waals surface area contributed by atoms with E-state index in [-0.39, 0.29) is 0 Å². The Kier molecular flexibility index (Phi) is 7.13. The van der Waals surface area contributed by atoms with Crippen molar-refractivity contribution in [3.8, 4) is 5.75 Å². The lowest BCUT2D eigenvalue weighted by atomic mass is 10.2. The van der Waals surface area contributed by atoms with Crippen molar-refractivity contribution in [1.82, 2.24) is 5.43 Å². The van der Waals surface area contributed by atoms with Crippen molar-refractivity contribution in [3.05, 3.63) is 94.5 Å². The van der Waals surface area contributed by atoms with Crippen LogP contribution in [0.1, 0.15) is 11.1 Å². The number of hydrazone groups is 1. The standard InChI is InChI=1S/C22H18BrN3O3/c23-18-9-5-10-19(13-18)25-21(27)22(28)26-24-14-17-8-4-11-20(12-17)29-15-16-6-2-1-3-7-16/h1-14H,15H2,(H,25,27)(H,26,28)/b24-14-. The maximum absolute atomic E-state index is 11.9. The molecule has 0 aliphatic rings. The zero-order valence-corrected chi connectivity index (χ0v) is 16.9. The molecule has 0 radical (unpaired) electrons. The maximum Gasteiger partial charge on any atom is 0.329 e. The van der Waals surface area contributed by atoms with Crippen LogP contribution in [0.25, 0.3) is 0 Å². The van der Waals surface area contributed by atoms with E-state index in [0.717, 1.165) is 15.6 Å². The third kappa shape index (κ3) is 6.58. The van der Waals surface area contributed by atoms with Gasteiger partial charge in [0.15, 0.2) is 0 Å². The molecule has 0 heterocycles. The number of nitrogens with zero attached hydrogens (tertiary/aromatic N) is 1. The summed E-state index contributed by atoms with van der Waals surface area (Å²) in [5, 5.41) is 6.33. The first kappa shape index (κ1) is 20.3. The second-order valence-electron chi connectivity index (χ2n) is 6.01. The highest BCUT2D eigenvalue weighted by atomic mass is 79.9. The van der Waals surface area contributed by atoms with Gasteiger partial charge in [0.2, 0.25) is 0 Å².